The maximum atomic E-state index is 12.6. The van der Waals surface area contributed by atoms with Gasteiger partial charge in [-0.25, -0.2) is 0 Å². The minimum atomic E-state index is -0.315. The van der Waals surface area contributed by atoms with Gasteiger partial charge in [0.1, 0.15) is 18.1 Å². The number of nitrogens with two attached hydrogens (primary N) is 1. The van der Waals surface area contributed by atoms with Crippen LogP contribution in [0, 0.1) is 0 Å². The number of carbonyl (C=O) groups excluding carboxylic acids is 1. The second-order valence-corrected chi connectivity index (χ2v) is 9.58. The highest BCUT2D eigenvalue weighted by Gasteiger charge is 2.27. The van der Waals surface area contributed by atoms with Crippen LogP contribution in [0.3, 0.4) is 0 Å². The van der Waals surface area contributed by atoms with Crippen LogP contribution in [-0.4, -0.2) is 48.1 Å². The van der Waals surface area contributed by atoms with Gasteiger partial charge < -0.3 is 14.9 Å². The second kappa shape index (κ2) is 9.65. The smallest absolute Gasteiger partial charge is 0.235 e. The van der Waals surface area contributed by atoms with Crippen molar-refractivity contribution in [2.75, 3.05) is 31.2 Å². The van der Waals surface area contributed by atoms with Crippen LogP contribution in [0.2, 0.25) is 5.02 Å². The van der Waals surface area contributed by atoms with Crippen molar-refractivity contribution in [2.24, 2.45) is 5.73 Å². The molecule has 1 amide bonds. The molecule has 1 fully saturated rings. The van der Waals surface area contributed by atoms with Crippen LogP contribution in [0.15, 0.2) is 56.1 Å². The fourth-order valence-corrected chi connectivity index (χ4v) is 5.22. The van der Waals surface area contributed by atoms with Crippen LogP contribution in [0.25, 0.3) is 22.3 Å². The zero-order valence-corrected chi connectivity index (χ0v) is 19.6. The monoisotopic (exact) mass is 522 g/mol. The van der Waals surface area contributed by atoms with Crippen LogP contribution in [0.1, 0.15) is 0 Å². The number of rotatable bonds is 6. The molecule has 6 nitrogen and oxygen atoms in total. The molecule has 1 unspecified atom stereocenters. The van der Waals surface area contributed by atoms with Gasteiger partial charge in [0.2, 0.25) is 5.91 Å². The van der Waals surface area contributed by atoms with E-state index in [1.54, 1.807) is 30.0 Å². The predicted molar refractivity (Wildman–Crippen MR) is 128 cm³/mol. The molecule has 1 aromatic heterocycles. The summed E-state index contributed by atoms with van der Waals surface area (Å²) in [5.74, 6) is 2.27. The van der Waals surface area contributed by atoms with Gasteiger partial charge in [0, 0.05) is 35.1 Å². The minimum Gasteiger partial charge on any atom is -0.491 e. The first kappa shape index (κ1) is 22.2. The quantitative estimate of drug-likeness (QED) is 0.522. The molecular weight excluding hydrogens is 504 g/mol. The normalized spacial score (nSPS) is 17.0. The molecule has 1 aliphatic rings. The third-order valence-corrected chi connectivity index (χ3v) is 6.93. The van der Waals surface area contributed by atoms with E-state index in [1.807, 2.05) is 23.1 Å². The summed E-state index contributed by atoms with van der Waals surface area (Å²) in [5, 5.41) is 0.799. The number of halogens is 2. The molecule has 31 heavy (non-hydrogen) atoms. The number of hydrogen-bond acceptors (Lipinski definition) is 6. The minimum absolute atomic E-state index is 0.178. The van der Waals surface area contributed by atoms with Gasteiger partial charge in [0.15, 0.2) is 11.0 Å². The third-order valence-electron chi connectivity index (χ3n) is 5.12. The lowest BCUT2D eigenvalue weighted by Crippen LogP contribution is -2.51. The van der Waals surface area contributed by atoms with Gasteiger partial charge >= 0.3 is 0 Å². The molecule has 3 aromatic rings. The number of benzene rings is 2. The Morgan fingerprint density at radius 3 is 2.97 bits per heavy atom. The number of primary amides is 1. The van der Waals surface area contributed by atoms with E-state index < -0.39 is 0 Å². The summed E-state index contributed by atoms with van der Waals surface area (Å²) in [6, 6.07) is 11.7. The number of hydrogen-bond donors (Lipinski definition) is 1. The molecule has 2 N–H and O–H groups in total. The molecule has 2 aromatic carbocycles. The van der Waals surface area contributed by atoms with Crippen LogP contribution in [0.4, 0.5) is 0 Å². The van der Waals surface area contributed by atoms with Crippen molar-refractivity contribution in [2.45, 2.75) is 6.04 Å². The molecule has 0 saturated carbocycles. The van der Waals surface area contributed by atoms with E-state index in [-0.39, 0.29) is 17.4 Å². The SMILES string of the molecule is NC(=O)C1CSCCN1CCOc1cc(Br)ccc1-c1cc(=O)c2cccc(Cl)c2o1. The topological polar surface area (TPSA) is 85.8 Å². The Morgan fingerprint density at radius 2 is 2.16 bits per heavy atom. The zero-order chi connectivity index (χ0) is 22.0. The van der Waals surface area contributed by atoms with Crippen molar-refractivity contribution in [1.82, 2.24) is 4.90 Å². The largest absolute Gasteiger partial charge is 0.491 e. The highest BCUT2D eigenvalue weighted by molar-refractivity contribution is 9.10. The summed E-state index contributed by atoms with van der Waals surface area (Å²) in [6.45, 7) is 1.70. The Morgan fingerprint density at radius 1 is 1.32 bits per heavy atom. The molecule has 0 bridgehead atoms. The molecule has 0 radical (unpaired) electrons. The number of ether oxygens (including phenoxy) is 1. The highest BCUT2D eigenvalue weighted by Crippen LogP contribution is 2.34. The molecule has 4 rings (SSSR count). The van der Waals surface area contributed by atoms with E-state index in [9.17, 15) is 9.59 Å². The van der Waals surface area contributed by atoms with Crippen molar-refractivity contribution in [3.8, 4) is 17.1 Å². The van der Waals surface area contributed by atoms with Gasteiger partial charge in [-0.1, -0.05) is 33.6 Å². The van der Waals surface area contributed by atoms with Crippen LogP contribution >= 0.6 is 39.3 Å². The number of carbonyl (C=O) groups is 1. The van der Waals surface area contributed by atoms with Gasteiger partial charge in [-0.2, -0.15) is 11.8 Å². The average molecular weight is 524 g/mol. The van der Waals surface area contributed by atoms with E-state index in [1.165, 1.54) is 6.07 Å². The van der Waals surface area contributed by atoms with E-state index >= 15 is 0 Å². The van der Waals surface area contributed by atoms with Crippen molar-refractivity contribution in [1.29, 1.82) is 0 Å². The summed E-state index contributed by atoms with van der Waals surface area (Å²) in [7, 11) is 0. The van der Waals surface area contributed by atoms with E-state index in [2.05, 4.69) is 15.9 Å². The van der Waals surface area contributed by atoms with E-state index in [4.69, 9.17) is 26.5 Å². The first-order valence-corrected chi connectivity index (χ1v) is 12.0. The highest BCUT2D eigenvalue weighted by atomic mass is 79.9. The molecule has 9 heteroatoms. The average Bonchev–Trinajstić information content (AvgIpc) is 2.75. The lowest BCUT2D eigenvalue weighted by molar-refractivity contribution is -0.122. The van der Waals surface area contributed by atoms with Crippen molar-refractivity contribution in [3.05, 3.63) is 62.2 Å². The van der Waals surface area contributed by atoms with Gasteiger partial charge in [0.05, 0.1) is 22.0 Å². The summed E-state index contributed by atoms with van der Waals surface area (Å²) >= 11 is 11.4. The zero-order valence-electron chi connectivity index (χ0n) is 16.5. The second-order valence-electron chi connectivity index (χ2n) is 7.11. The van der Waals surface area contributed by atoms with E-state index in [0.717, 1.165) is 16.8 Å². The van der Waals surface area contributed by atoms with Gasteiger partial charge in [-0.15, -0.1) is 0 Å². The van der Waals surface area contributed by atoms with Crippen LogP contribution in [-0.2, 0) is 4.79 Å². The molecule has 1 saturated heterocycles. The summed E-state index contributed by atoms with van der Waals surface area (Å²) in [5.41, 5.74) is 6.35. The van der Waals surface area contributed by atoms with Crippen molar-refractivity contribution >= 4 is 56.2 Å². The summed E-state index contributed by atoms with van der Waals surface area (Å²) in [6.07, 6.45) is 0. The Balaban J connectivity index is 1.60. The fraction of sp³-hybridized carbons (Fsp3) is 0.273. The number of thioether (sulfide) groups is 1. The standard InChI is InChI=1S/C22H20BrClN2O4S/c23-13-4-5-15(20-11-18(27)14-2-1-3-16(24)21(14)30-20)19(10-13)29-8-6-26-7-9-31-12-17(26)22(25)28/h1-5,10-11,17H,6-9,12H2,(H2,25,28). The molecule has 1 atom stereocenters. The van der Waals surface area contributed by atoms with Crippen LogP contribution in [0.5, 0.6) is 5.75 Å². The molecule has 0 aliphatic carbocycles. The Labute approximate surface area is 196 Å². The third kappa shape index (κ3) is 4.92. The molecular formula is C22H20BrClN2O4S. The first-order valence-electron chi connectivity index (χ1n) is 9.70. The molecule has 1 aliphatic heterocycles. The molecule has 2 heterocycles. The number of amides is 1. The maximum absolute atomic E-state index is 12.6. The first-order chi connectivity index (χ1) is 14.9. The van der Waals surface area contributed by atoms with Gasteiger partial charge in [-0.05, 0) is 30.3 Å². The lowest BCUT2D eigenvalue weighted by Gasteiger charge is -2.33. The van der Waals surface area contributed by atoms with Crippen LogP contribution < -0.4 is 15.9 Å². The summed E-state index contributed by atoms with van der Waals surface area (Å²) in [4.78, 5) is 26.4. The Kier molecular flexibility index (Phi) is 6.91. The maximum Gasteiger partial charge on any atom is 0.235 e. The lowest BCUT2D eigenvalue weighted by atomic mass is 10.1. The Hall–Kier alpha value is -2.00. The number of para-hydroxylation sites is 1. The van der Waals surface area contributed by atoms with Crippen molar-refractivity contribution in [3.63, 3.8) is 0 Å². The fourth-order valence-electron chi connectivity index (χ4n) is 3.54. The van der Waals surface area contributed by atoms with E-state index in [0.29, 0.717) is 52.0 Å². The number of fused-ring (bicyclic) bond motifs is 1. The molecule has 162 valence electrons. The number of nitrogens with zero attached hydrogens (tertiary/aromatic N) is 1. The predicted octanol–water partition coefficient (Wildman–Crippen LogP) is 4.16. The van der Waals surface area contributed by atoms with Gasteiger partial charge in [0.25, 0.3) is 0 Å². The molecule has 0 spiro atoms. The summed E-state index contributed by atoms with van der Waals surface area (Å²) < 4.78 is 12.9. The van der Waals surface area contributed by atoms with Gasteiger partial charge in [-0.3, -0.25) is 14.5 Å². The Bertz CT molecular complexity index is 1190. The van der Waals surface area contributed by atoms with Crippen molar-refractivity contribution < 1.29 is 13.9 Å².